The maximum Gasteiger partial charge on any atom is 0.255 e. The summed E-state index contributed by atoms with van der Waals surface area (Å²) >= 11 is 6.21. The van der Waals surface area contributed by atoms with Crippen LogP contribution in [0.4, 0.5) is 5.82 Å². The van der Waals surface area contributed by atoms with Crippen LogP contribution in [-0.4, -0.2) is 40.9 Å². The summed E-state index contributed by atoms with van der Waals surface area (Å²) in [5.41, 5.74) is 4.66. The fourth-order valence-corrected chi connectivity index (χ4v) is 4.25. The average molecular weight is 459 g/mol. The third-order valence-electron chi connectivity index (χ3n) is 5.81. The highest BCUT2D eigenvalue weighted by Gasteiger charge is 2.15. The van der Waals surface area contributed by atoms with Crippen molar-refractivity contribution >= 4 is 34.2 Å². The van der Waals surface area contributed by atoms with Crippen molar-refractivity contribution in [3.63, 3.8) is 0 Å². The molecule has 0 atom stereocenters. The normalized spacial score (nSPS) is 10.9. The lowest BCUT2D eigenvalue weighted by molar-refractivity contribution is 0.0785. The van der Waals surface area contributed by atoms with Crippen LogP contribution < -0.4 is 4.90 Å². The highest BCUT2D eigenvalue weighted by molar-refractivity contribution is 6.33. The Morgan fingerprint density at radius 3 is 2.42 bits per heavy atom. The second kappa shape index (κ2) is 10.0. The standard InChI is InChI=1S/C27H27ClN4O/c1-4-32(5-2)26-23-16-21(13-14-25(23)29-18-30-26)20-10-8-9-19(15-20)17-31(3)27(33)22-11-6-7-12-24(22)28/h6-16,18H,4-5,17H2,1-3H3. The Balaban J connectivity index is 1.63. The summed E-state index contributed by atoms with van der Waals surface area (Å²) in [6.07, 6.45) is 1.63. The van der Waals surface area contributed by atoms with E-state index in [2.05, 4.69) is 53.0 Å². The molecule has 1 amide bonds. The number of rotatable bonds is 7. The Hall–Kier alpha value is -3.44. The number of fused-ring (bicyclic) bond motifs is 1. The maximum absolute atomic E-state index is 12.9. The highest BCUT2D eigenvalue weighted by atomic mass is 35.5. The Bertz CT molecular complexity index is 1290. The van der Waals surface area contributed by atoms with Crippen LogP contribution in [-0.2, 0) is 6.54 Å². The Labute approximate surface area is 199 Å². The van der Waals surface area contributed by atoms with Gasteiger partial charge in [-0.2, -0.15) is 0 Å². The number of amides is 1. The lowest BCUT2D eigenvalue weighted by Gasteiger charge is -2.21. The smallest absolute Gasteiger partial charge is 0.255 e. The van der Waals surface area contributed by atoms with E-state index in [-0.39, 0.29) is 5.91 Å². The zero-order chi connectivity index (χ0) is 23.4. The van der Waals surface area contributed by atoms with Crippen molar-refractivity contribution in [1.29, 1.82) is 0 Å². The first kappa shape index (κ1) is 22.7. The topological polar surface area (TPSA) is 49.3 Å². The van der Waals surface area contributed by atoms with Crippen molar-refractivity contribution < 1.29 is 4.79 Å². The van der Waals surface area contributed by atoms with Gasteiger partial charge >= 0.3 is 0 Å². The van der Waals surface area contributed by atoms with Gasteiger partial charge in [-0.25, -0.2) is 9.97 Å². The monoisotopic (exact) mass is 458 g/mol. The molecule has 4 rings (SSSR count). The lowest BCUT2D eigenvalue weighted by Crippen LogP contribution is -2.26. The van der Waals surface area contributed by atoms with Gasteiger partial charge in [0, 0.05) is 32.1 Å². The molecular weight excluding hydrogens is 432 g/mol. The molecule has 5 nitrogen and oxygen atoms in total. The second-order valence-corrected chi connectivity index (χ2v) is 8.35. The number of hydrogen-bond donors (Lipinski definition) is 0. The van der Waals surface area contributed by atoms with E-state index in [1.54, 1.807) is 30.4 Å². The minimum absolute atomic E-state index is 0.0993. The summed E-state index contributed by atoms with van der Waals surface area (Å²) in [4.78, 5) is 25.8. The molecule has 3 aromatic carbocycles. The number of halogens is 1. The molecule has 4 aromatic rings. The largest absolute Gasteiger partial charge is 0.357 e. The highest BCUT2D eigenvalue weighted by Crippen LogP contribution is 2.29. The summed E-state index contributed by atoms with van der Waals surface area (Å²) in [6, 6.07) is 21.7. The van der Waals surface area contributed by atoms with E-state index in [9.17, 15) is 4.79 Å². The van der Waals surface area contributed by atoms with E-state index in [1.807, 2.05) is 30.3 Å². The van der Waals surface area contributed by atoms with Crippen LogP contribution in [0.1, 0.15) is 29.8 Å². The predicted molar refractivity (Wildman–Crippen MR) is 136 cm³/mol. The molecule has 0 unspecified atom stereocenters. The lowest BCUT2D eigenvalue weighted by atomic mass is 10.0. The first-order valence-electron chi connectivity index (χ1n) is 11.1. The van der Waals surface area contributed by atoms with Gasteiger partial charge in [0.25, 0.3) is 5.91 Å². The first-order chi connectivity index (χ1) is 16.0. The predicted octanol–water partition coefficient (Wildman–Crippen LogP) is 6.07. The Morgan fingerprint density at radius 2 is 1.67 bits per heavy atom. The minimum atomic E-state index is -0.0993. The van der Waals surface area contributed by atoms with Gasteiger partial charge in [-0.1, -0.05) is 48.0 Å². The average Bonchev–Trinajstić information content (AvgIpc) is 2.84. The van der Waals surface area contributed by atoms with Crippen molar-refractivity contribution in [3.8, 4) is 11.1 Å². The molecule has 0 bridgehead atoms. The number of carbonyl (C=O) groups excluding carboxylic acids is 1. The van der Waals surface area contributed by atoms with Gasteiger partial charge in [0.2, 0.25) is 0 Å². The first-order valence-corrected chi connectivity index (χ1v) is 11.5. The van der Waals surface area contributed by atoms with Crippen LogP contribution in [0.5, 0.6) is 0 Å². The summed E-state index contributed by atoms with van der Waals surface area (Å²) in [5, 5.41) is 1.50. The fraction of sp³-hybridized carbons (Fsp3) is 0.222. The SMILES string of the molecule is CCN(CC)c1ncnc2ccc(-c3cccc(CN(C)C(=O)c4ccccc4Cl)c3)cc12. The third kappa shape index (κ3) is 4.83. The number of carbonyl (C=O) groups is 1. The van der Waals surface area contributed by atoms with Crippen LogP contribution in [0.25, 0.3) is 22.0 Å². The molecule has 33 heavy (non-hydrogen) atoms. The van der Waals surface area contributed by atoms with Crippen LogP contribution in [0.3, 0.4) is 0 Å². The van der Waals surface area contributed by atoms with Crippen molar-refractivity contribution in [2.45, 2.75) is 20.4 Å². The number of hydrogen-bond acceptors (Lipinski definition) is 4. The summed E-state index contributed by atoms with van der Waals surface area (Å²) in [6.45, 7) is 6.51. The molecule has 0 fully saturated rings. The molecule has 0 radical (unpaired) electrons. The van der Waals surface area contributed by atoms with Crippen LogP contribution in [0, 0.1) is 0 Å². The number of nitrogens with zero attached hydrogens (tertiary/aromatic N) is 4. The summed E-state index contributed by atoms with van der Waals surface area (Å²) in [7, 11) is 1.79. The van der Waals surface area contributed by atoms with Gasteiger partial charge in [-0.3, -0.25) is 4.79 Å². The van der Waals surface area contributed by atoms with Gasteiger partial charge in [0.05, 0.1) is 16.1 Å². The third-order valence-corrected chi connectivity index (χ3v) is 6.14. The van der Waals surface area contributed by atoms with E-state index in [4.69, 9.17) is 11.6 Å². The molecular formula is C27H27ClN4O. The summed E-state index contributed by atoms with van der Waals surface area (Å²) < 4.78 is 0. The quantitative estimate of drug-likeness (QED) is 0.337. The van der Waals surface area contributed by atoms with E-state index in [1.165, 1.54) is 0 Å². The van der Waals surface area contributed by atoms with Crippen LogP contribution >= 0.6 is 11.6 Å². The van der Waals surface area contributed by atoms with Crippen LogP contribution in [0.2, 0.25) is 5.02 Å². The fourth-order valence-electron chi connectivity index (χ4n) is 4.03. The molecule has 6 heteroatoms. The molecule has 168 valence electrons. The molecule has 0 aliphatic heterocycles. The minimum Gasteiger partial charge on any atom is -0.357 e. The molecule has 0 spiro atoms. The van der Waals surface area contributed by atoms with E-state index < -0.39 is 0 Å². The zero-order valence-electron chi connectivity index (χ0n) is 19.1. The number of aromatic nitrogens is 2. The van der Waals surface area contributed by atoms with E-state index in [0.717, 1.165) is 46.5 Å². The van der Waals surface area contributed by atoms with Crippen molar-refractivity contribution in [3.05, 3.63) is 89.2 Å². The molecule has 0 saturated heterocycles. The summed E-state index contributed by atoms with van der Waals surface area (Å²) in [5.74, 6) is 0.853. The molecule has 0 N–H and O–H groups in total. The molecule has 1 aromatic heterocycles. The van der Waals surface area contributed by atoms with Gasteiger partial charge in [-0.15, -0.1) is 0 Å². The Kier molecular flexibility index (Phi) is 6.90. The number of benzene rings is 3. The van der Waals surface area contributed by atoms with Crippen molar-refractivity contribution in [2.75, 3.05) is 25.0 Å². The van der Waals surface area contributed by atoms with E-state index >= 15 is 0 Å². The van der Waals surface area contributed by atoms with E-state index in [0.29, 0.717) is 17.1 Å². The van der Waals surface area contributed by atoms with Gasteiger partial charge < -0.3 is 9.80 Å². The van der Waals surface area contributed by atoms with Crippen molar-refractivity contribution in [1.82, 2.24) is 14.9 Å². The zero-order valence-corrected chi connectivity index (χ0v) is 19.9. The van der Waals surface area contributed by atoms with Gasteiger partial charge in [0.15, 0.2) is 0 Å². The molecule has 1 heterocycles. The molecule has 0 aliphatic rings. The van der Waals surface area contributed by atoms with Crippen LogP contribution in [0.15, 0.2) is 73.1 Å². The van der Waals surface area contributed by atoms with Crippen molar-refractivity contribution in [2.24, 2.45) is 0 Å². The maximum atomic E-state index is 12.9. The molecule has 0 aliphatic carbocycles. The Morgan fingerprint density at radius 1 is 0.909 bits per heavy atom. The van der Waals surface area contributed by atoms with Gasteiger partial charge in [-0.05, 0) is 60.9 Å². The van der Waals surface area contributed by atoms with Gasteiger partial charge in [0.1, 0.15) is 12.1 Å². The number of anilines is 1. The second-order valence-electron chi connectivity index (χ2n) is 7.94. The molecule has 0 saturated carbocycles.